The average Bonchev–Trinajstić information content (AvgIpc) is 2.94. The van der Waals surface area contributed by atoms with Crippen molar-refractivity contribution < 1.29 is 22.7 Å². The molecule has 0 unspecified atom stereocenters. The van der Waals surface area contributed by atoms with Gasteiger partial charge in [0.05, 0.1) is 17.7 Å². The van der Waals surface area contributed by atoms with Gasteiger partial charge in [-0.25, -0.2) is 8.42 Å². The molecule has 0 saturated heterocycles. The highest BCUT2D eigenvalue weighted by Crippen LogP contribution is 2.26. The number of hydrogen-bond acceptors (Lipinski definition) is 5. The topological polar surface area (TPSA) is 96.0 Å². The van der Waals surface area contributed by atoms with Crippen molar-refractivity contribution in [2.24, 2.45) is 5.92 Å². The highest BCUT2D eigenvalue weighted by Gasteiger charge is 2.32. The number of halogens is 1. The summed E-state index contributed by atoms with van der Waals surface area (Å²) in [6, 6.07) is 21.0. The summed E-state index contributed by atoms with van der Waals surface area (Å²) in [6.45, 7) is 5.71. The molecule has 0 aliphatic heterocycles. The zero-order valence-electron chi connectivity index (χ0n) is 22.5. The fraction of sp³-hybridized carbons (Fsp3) is 0.310. The Morgan fingerprint density at radius 3 is 2.10 bits per heavy atom. The predicted molar refractivity (Wildman–Crippen MR) is 156 cm³/mol. The van der Waals surface area contributed by atoms with Crippen molar-refractivity contribution in [2.45, 2.75) is 38.3 Å². The quantitative estimate of drug-likeness (QED) is 0.314. The molecule has 3 rings (SSSR count). The van der Waals surface area contributed by atoms with Crippen LogP contribution in [0.15, 0.2) is 88.2 Å². The first kappa shape index (κ1) is 30.2. The Morgan fingerprint density at radius 1 is 0.923 bits per heavy atom. The first-order valence-corrected chi connectivity index (χ1v) is 14.8. The summed E-state index contributed by atoms with van der Waals surface area (Å²) < 4.78 is 34.7. The number of benzene rings is 3. The maximum absolute atomic E-state index is 13.9. The fourth-order valence-corrected chi connectivity index (χ4v) is 5.52. The minimum atomic E-state index is -4.11. The third-order valence-electron chi connectivity index (χ3n) is 6.09. The Balaban J connectivity index is 1.99. The number of nitrogens with one attached hydrogen (secondary N) is 1. The second-order valence-corrected chi connectivity index (χ2v) is 12.3. The molecular formula is C29H34BrN3O5S. The zero-order valence-corrected chi connectivity index (χ0v) is 24.9. The molecule has 0 heterocycles. The molecular weight excluding hydrogens is 582 g/mol. The molecule has 0 bridgehead atoms. The molecule has 3 aromatic rings. The monoisotopic (exact) mass is 615 g/mol. The number of amides is 2. The second-order valence-electron chi connectivity index (χ2n) is 9.49. The third kappa shape index (κ3) is 8.06. The zero-order chi connectivity index (χ0) is 28.6. The minimum Gasteiger partial charge on any atom is -0.497 e. The molecule has 1 N–H and O–H groups in total. The number of methoxy groups -OCH3 is 1. The number of rotatable bonds is 12. The van der Waals surface area contributed by atoms with Crippen LogP contribution in [0.4, 0.5) is 5.69 Å². The van der Waals surface area contributed by atoms with Crippen molar-refractivity contribution in [3.05, 3.63) is 88.9 Å². The second kappa shape index (κ2) is 13.6. The van der Waals surface area contributed by atoms with Gasteiger partial charge in [0.1, 0.15) is 18.3 Å². The van der Waals surface area contributed by atoms with E-state index in [1.807, 2.05) is 38.1 Å². The summed E-state index contributed by atoms with van der Waals surface area (Å²) in [5.41, 5.74) is 1.10. The van der Waals surface area contributed by atoms with Crippen molar-refractivity contribution in [3.8, 4) is 5.75 Å². The lowest BCUT2D eigenvalue weighted by Crippen LogP contribution is -2.51. The van der Waals surface area contributed by atoms with E-state index in [0.29, 0.717) is 18.0 Å². The van der Waals surface area contributed by atoms with E-state index in [4.69, 9.17) is 4.74 Å². The standard InChI is InChI=1S/C29H34BrN3O5S/c1-21(2)18-31-29(35)22(3)32(19-23-10-12-24(30)13-11-23)28(34)20-33(25-14-16-26(38-4)17-15-25)39(36,37)27-8-6-5-7-9-27/h5-17,21-22H,18-20H2,1-4H3,(H,31,35)/t22-/m0/s1. The molecule has 0 saturated carbocycles. The lowest BCUT2D eigenvalue weighted by molar-refractivity contribution is -0.139. The van der Waals surface area contributed by atoms with Gasteiger partial charge in [0, 0.05) is 17.6 Å². The van der Waals surface area contributed by atoms with E-state index in [2.05, 4.69) is 21.2 Å². The first-order valence-electron chi connectivity index (χ1n) is 12.6. The van der Waals surface area contributed by atoms with E-state index < -0.39 is 28.5 Å². The van der Waals surface area contributed by atoms with Gasteiger partial charge in [-0.3, -0.25) is 13.9 Å². The predicted octanol–water partition coefficient (Wildman–Crippen LogP) is 4.84. The van der Waals surface area contributed by atoms with Gasteiger partial charge < -0.3 is 15.0 Å². The van der Waals surface area contributed by atoms with Gasteiger partial charge in [-0.2, -0.15) is 0 Å². The van der Waals surface area contributed by atoms with Gasteiger partial charge in [0.25, 0.3) is 10.0 Å². The van der Waals surface area contributed by atoms with E-state index in [1.54, 1.807) is 49.4 Å². The number of sulfonamides is 1. The van der Waals surface area contributed by atoms with E-state index >= 15 is 0 Å². The molecule has 3 aromatic carbocycles. The highest BCUT2D eigenvalue weighted by atomic mass is 79.9. The summed E-state index contributed by atoms with van der Waals surface area (Å²) in [7, 11) is -2.59. The largest absolute Gasteiger partial charge is 0.497 e. The summed E-state index contributed by atoms with van der Waals surface area (Å²) in [4.78, 5) is 28.4. The van der Waals surface area contributed by atoms with E-state index in [9.17, 15) is 18.0 Å². The smallest absolute Gasteiger partial charge is 0.264 e. The van der Waals surface area contributed by atoms with Gasteiger partial charge in [0.15, 0.2) is 0 Å². The normalized spacial score (nSPS) is 12.1. The molecule has 0 aliphatic carbocycles. The van der Waals surface area contributed by atoms with Crippen LogP contribution in [0.5, 0.6) is 5.75 Å². The van der Waals surface area contributed by atoms with Crippen LogP contribution in [0, 0.1) is 5.92 Å². The van der Waals surface area contributed by atoms with Crippen LogP contribution in [0.25, 0.3) is 0 Å². The molecule has 2 amide bonds. The molecule has 39 heavy (non-hydrogen) atoms. The van der Waals surface area contributed by atoms with Gasteiger partial charge in [0.2, 0.25) is 11.8 Å². The average molecular weight is 617 g/mol. The molecule has 208 valence electrons. The minimum absolute atomic E-state index is 0.0517. The summed E-state index contributed by atoms with van der Waals surface area (Å²) in [5, 5.41) is 2.88. The van der Waals surface area contributed by atoms with Crippen LogP contribution in [0.2, 0.25) is 0 Å². The lowest BCUT2D eigenvalue weighted by Gasteiger charge is -2.32. The molecule has 0 spiro atoms. The Morgan fingerprint density at radius 2 is 1.54 bits per heavy atom. The van der Waals surface area contributed by atoms with E-state index in [0.717, 1.165) is 14.3 Å². The van der Waals surface area contributed by atoms with Crippen LogP contribution in [0.1, 0.15) is 26.3 Å². The molecule has 10 heteroatoms. The number of anilines is 1. The van der Waals surface area contributed by atoms with Crippen LogP contribution in [-0.2, 0) is 26.2 Å². The first-order chi connectivity index (χ1) is 18.5. The molecule has 0 aliphatic rings. The molecule has 0 aromatic heterocycles. The van der Waals surface area contributed by atoms with E-state index in [1.165, 1.54) is 24.1 Å². The van der Waals surface area contributed by atoms with Crippen molar-refractivity contribution in [1.29, 1.82) is 0 Å². The van der Waals surface area contributed by atoms with E-state index in [-0.39, 0.29) is 23.3 Å². The summed E-state index contributed by atoms with van der Waals surface area (Å²) in [6.07, 6.45) is 0. The van der Waals surface area contributed by atoms with Gasteiger partial charge in [-0.15, -0.1) is 0 Å². The molecule has 0 radical (unpaired) electrons. The Kier molecular flexibility index (Phi) is 10.5. The van der Waals surface area contributed by atoms with Crippen LogP contribution in [-0.4, -0.2) is 51.4 Å². The van der Waals surface area contributed by atoms with Crippen LogP contribution < -0.4 is 14.4 Å². The maximum atomic E-state index is 13.9. The third-order valence-corrected chi connectivity index (χ3v) is 8.41. The summed E-state index contributed by atoms with van der Waals surface area (Å²) >= 11 is 3.41. The Labute approximate surface area is 239 Å². The summed E-state index contributed by atoms with van der Waals surface area (Å²) in [5.74, 6) is -0.0377. The highest BCUT2D eigenvalue weighted by molar-refractivity contribution is 9.10. The van der Waals surface area contributed by atoms with Crippen LogP contribution >= 0.6 is 15.9 Å². The SMILES string of the molecule is COc1ccc(N(CC(=O)N(Cc2ccc(Br)cc2)[C@@H](C)C(=O)NCC(C)C)S(=O)(=O)c2ccccc2)cc1. The van der Waals surface area contributed by atoms with Crippen LogP contribution in [0.3, 0.4) is 0 Å². The maximum Gasteiger partial charge on any atom is 0.264 e. The van der Waals surface area contributed by atoms with Crippen molar-refractivity contribution in [1.82, 2.24) is 10.2 Å². The number of nitrogens with zero attached hydrogens (tertiary/aromatic N) is 2. The molecule has 1 atom stereocenters. The number of hydrogen-bond donors (Lipinski definition) is 1. The number of carbonyl (C=O) groups is 2. The van der Waals surface area contributed by atoms with Crippen molar-refractivity contribution in [2.75, 3.05) is 24.5 Å². The fourth-order valence-electron chi connectivity index (χ4n) is 3.82. The van der Waals surface area contributed by atoms with Gasteiger partial charge in [-0.05, 0) is 66.9 Å². The lowest BCUT2D eigenvalue weighted by atomic mass is 10.1. The molecule has 0 fully saturated rings. The Bertz CT molecular complexity index is 1350. The van der Waals surface area contributed by atoms with Crippen molar-refractivity contribution >= 4 is 43.5 Å². The van der Waals surface area contributed by atoms with Gasteiger partial charge in [-0.1, -0.05) is 60.1 Å². The van der Waals surface area contributed by atoms with Gasteiger partial charge >= 0.3 is 0 Å². The number of ether oxygens (including phenoxy) is 1. The number of carbonyl (C=O) groups excluding carboxylic acids is 2. The Hall–Kier alpha value is -3.37. The molecule has 8 nitrogen and oxygen atoms in total. The van der Waals surface area contributed by atoms with Crippen molar-refractivity contribution in [3.63, 3.8) is 0 Å².